The first kappa shape index (κ1) is 11.0. The van der Waals surface area contributed by atoms with Gasteiger partial charge in [-0.3, -0.25) is 4.57 Å². The van der Waals surface area contributed by atoms with Gasteiger partial charge in [0.05, 0.1) is 11.0 Å². The summed E-state index contributed by atoms with van der Waals surface area (Å²) in [5.41, 5.74) is 5.38. The van der Waals surface area contributed by atoms with Crippen LogP contribution in [0.3, 0.4) is 0 Å². The minimum atomic E-state index is -0.227. The molecule has 0 unspecified atom stereocenters. The van der Waals surface area contributed by atoms with Crippen molar-refractivity contribution >= 4 is 11.0 Å². The molecule has 3 heteroatoms. The Balaban J connectivity index is 2.23. The molecule has 3 aromatic rings. The number of nitrogens with zero attached hydrogens (tertiary/aromatic N) is 2. The normalized spacial score (nSPS) is 11.1. The van der Waals surface area contributed by atoms with Gasteiger partial charge in [-0.25, -0.2) is 9.37 Å². The first-order chi connectivity index (χ1) is 8.65. The van der Waals surface area contributed by atoms with E-state index in [0.29, 0.717) is 0 Å². The van der Waals surface area contributed by atoms with E-state index in [1.807, 2.05) is 4.57 Å². The highest BCUT2D eigenvalue weighted by atomic mass is 19.1. The van der Waals surface area contributed by atoms with E-state index in [1.165, 1.54) is 23.3 Å². The smallest absolute Gasteiger partial charge is 0.123 e. The molecule has 0 spiro atoms. The zero-order chi connectivity index (χ0) is 12.7. The van der Waals surface area contributed by atoms with Crippen LogP contribution in [0.4, 0.5) is 4.39 Å². The number of hydrogen-bond donors (Lipinski definition) is 0. The summed E-state index contributed by atoms with van der Waals surface area (Å²) in [5, 5.41) is 0. The van der Waals surface area contributed by atoms with Crippen molar-refractivity contribution in [3.63, 3.8) is 0 Å². The number of benzene rings is 2. The molecular formula is C15H13FN2. The summed E-state index contributed by atoms with van der Waals surface area (Å²) in [5.74, 6) is -0.227. The maximum atomic E-state index is 12.9. The third-order valence-electron chi connectivity index (χ3n) is 3.27. The minimum Gasteiger partial charge on any atom is -0.299 e. The number of hydrogen-bond acceptors (Lipinski definition) is 1. The second-order valence-corrected chi connectivity index (χ2v) is 4.52. The predicted molar refractivity (Wildman–Crippen MR) is 70.5 cm³/mol. The summed E-state index contributed by atoms with van der Waals surface area (Å²) in [6.07, 6.45) is 1.77. The molecule has 0 fully saturated rings. The zero-order valence-electron chi connectivity index (χ0n) is 10.3. The molecule has 0 saturated heterocycles. The van der Waals surface area contributed by atoms with Crippen molar-refractivity contribution in [2.24, 2.45) is 0 Å². The van der Waals surface area contributed by atoms with Gasteiger partial charge in [-0.1, -0.05) is 0 Å². The zero-order valence-corrected chi connectivity index (χ0v) is 10.3. The van der Waals surface area contributed by atoms with E-state index in [0.717, 1.165) is 16.7 Å². The van der Waals surface area contributed by atoms with Gasteiger partial charge in [0.2, 0.25) is 0 Å². The highest BCUT2D eigenvalue weighted by Crippen LogP contribution is 2.21. The van der Waals surface area contributed by atoms with E-state index in [-0.39, 0.29) is 5.82 Å². The quantitative estimate of drug-likeness (QED) is 0.633. The van der Waals surface area contributed by atoms with Gasteiger partial charge in [0.1, 0.15) is 12.1 Å². The van der Waals surface area contributed by atoms with E-state index in [2.05, 4.69) is 31.0 Å². The summed E-state index contributed by atoms with van der Waals surface area (Å²) in [4.78, 5) is 4.39. The molecule has 0 atom stereocenters. The highest BCUT2D eigenvalue weighted by Gasteiger charge is 2.06. The fourth-order valence-corrected chi connectivity index (χ4v) is 2.07. The molecule has 1 heterocycles. The SMILES string of the molecule is Cc1cc2ncn(-c3ccc(F)cc3)c2cc1C. The monoisotopic (exact) mass is 240 g/mol. The topological polar surface area (TPSA) is 17.8 Å². The predicted octanol–water partition coefficient (Wildman–Crippen LogP) is 3.78. The van der Waals surface area contributed by atoms with Crippen molar-refractivity contribution in [1.82, 2.24) is 9.55 Å². The van der Waals surface area contributed by atoms with Crippen LogP contribution in [0.5, 0.6) is 0 Å². The number of rotatable bonds is 1. The fourth-order valence-electron chi connectivity index (χ4n) is 2.07. The Morgan fingerprint density at radius 2 is 1.67 bits per heavy atom. The fraction of sp³-hybridized carbons (Fsp3) is 0.133. The van der Waals surface area contributed by atoms with Gasteiger partial charge in [-0.05, 0) is 61.4 Å². The Bertz CT molecular complexity index is 711. The summed E-state index contributed by atoms with van der Waals surface area (Å²) in [6.45, 7) is 4.16. The van der Waals surface area contributed by atoms with Crippen molar-refractivity contribution in [1.29, 1.82) is 0 Å². The molecule has 1 aromatic heterocycles. The van der Waals surface area contributed by atoms with Crippen molar-refractivity contribution < 1.29 is 4.39 Å². The number of aromatic nitrogens is 2. The molecule has 2 aromatic carbocycles. The molecule has 0 amide bonds. The second-order valence-electron chi connectivity index (χ2n) is 4.52. The van der Waals surface area contributed by atoms with Gasteiger partial charge in [-0.15, -0.1) is 0 Å². The molecule has 0 radical (unpaired) electrons. The van der Waals surface area contributed by atoms with Crippen molar-refractivity contribution in [2.45, 2.75) is 13.8 Å². The molecule has 90 valence electrons. The molecule has 0 N–H and O–H groups in total. The van der Waals surface area contributed by atoms with Gasteiger partial charge in [0.15, 0.2) is 0 Å². The summed E-state index contributed by atoms with van der Waals surface area (Å²) in [7, 11) is 0. The van der Waals surface area contributed by atoms with Gasteiger partial charge in [0, 0.05) is 5.69 Å². The lowest BCUT2D eigenvalue weighted by Gasteiger charge is -2.05. The van der Waals surface area contributed by atoms with E-state index in [4.69, 9.17) is 0 Å². The molecule has 0 aliphatic heterocycles. The second kappa shape index (κ2) is 3.95. The van der Waals surface area contributed by atoms with E-state index in [9.17, 15) is 4.39 Å². The Morgan fingerprint density at radius 3 is 2.39 bits per heavy atom. The summed E-state index contributed by atoms with van der Waals surface area (Å²) < 4.78 is 14.9. The molecule has 0 bridgehead atoms. The van der Waals surface area contributed by atoms with Gasteiger partial charge >= 0.3 is 0 Å². The number of halogens is 1. The van der Waals surface area contributed by atoms with Crippen LogP contribution in [0, 0.1) is 19.7 Å². The largest absolute Gasteiger partial charge is 0.299 e. The Kier molecular flexibility index (Phi) is 2.40. The van der Waals surface area contributed by atoms with Crippen molar-refractivity contribution in [2.75, 3.05) is 0 Å². The van der Waals surface area contributed by atoms with Gasteiger partial charge in [0.25, 0.3) is 0 Å². The van der Waals surface area contributed by atoms with Crippen LogP contribution in [0.15, 0.2) is 42.7 Å². The van der Waals surface area contributed by atoms with Crippen LogP contribution in [0.1, 0.15) is 11.1 Å². The van der Waals surface area contributed by atoms with E-state index in [1.54, 1.807) is 18.5 Å². The maximum Gasteiger partial charge on any atom is 0.123 e. The molecule has 0 aliphatic rings. The average Bonchev–Trinajstić information content (AvgIpc) is 2.74. The molecule has 0 saturated carbocycles. The van der Waals surface area contributed by atoms with Crippen LogP contribution in [-0.4, -0.2) is 9.55 Å². The summed E-state index contributed by atoms with van der Waals surface area (Å²) in [6, 6.07) is 10.6. The van der Waals surface area contributed by atoms with Crippen LogP contribution < -0.4 is 0 Å². The average molecular weight is 240 g/mol. The van der Waals surface area contributed by atoms with E-state index < -0.39 is 0 Å². The lowest BCUT2D eigenvalue weighted by atomic mass is 10.1. The maximum absolute atomic E-state index is 12.9. The number of fused-ring (bicyclic) bond motifs is 1. The first-order valence-corrected chi connectivity index (χ1v) is 5.85. The minimum absolute atomic E-state index is 0.227. The molecular weight excluding hydrogens is 227 g/mol. The molecule has 18 heavy (non-hydrogen) atoms. The highest BCUT2D eigenvalue weighted by molar-refractivity contribution is 5.79. The van der Waals surface area contributed by atoms with Crippen LogP contribution in [0.2, 0.25) is 0 Å². The van der Waals surface area contributed by atoms with Gasteiger partial charge in [-0.2, -0.15) is 0 Å². The molecule has 3 rings (SSSR count). The van der Waals surface area contributed by atoms with Crippen LogP contribution >= 0.6 is 0 Å². The third-order valence-corrected chi connectivity index (χ3v) is 3.27. The van der Waals surface area contributed by atoms with Gasteiger partial charge < -0.3 is 0 Å². The van der Waals surface area contributed by atoms with Crippen molar-refractivity contribution in [3.8, 4) is 5.69 Å². The van der Waals surface area contributed by atoms with Crippen LogP contribution in [0.25, 0.3) is 16.7 Å². The lowest BCUT2D eigenvalue weighted by Crippen LogP contribution is -1.92. The van der Waals surface area contributed by atoms with Crippen molar-refractivity contribution in [3.05, 3.63) is 59.7 Å². The van der Waals surface area contributed by atoms with Crippen LogP contribution in [-0.2, 0) is 0 Å². The van der Waals surface area contributed by atoms with E-state index >= 15 is 0 Å². The molecule has 2 nitrogen and oxygen atoms in total. The first-order valence-electron chi connectivity index (χ1n) is 5.85. The standard InChI is InChI=1S/C15H13FN2/c1-10-7-14-15(8-11(10)2)18(9-17-14)13-5-3-12(16)4-6-13/h3-9H,1-2H3. The Labute approximate surface area is 105 Å². The summed E-state index contributed by atoms with van der Waals surface area (Å²) >= 11 is 0. The third kappa shape index (κ3) is 1.68. The Morgan fingerprint density at radius 1 is 1.00 bits per heavy atom. The lowest BCUT2D eigenvalue weighted by molar-refractivity contribution is 0.627. The molecule has 0 aliphatic carbocycles. The Hall–Kier alpha value is -2.16. The number of aryl methyl sites for hydroxylation is 2. The number of imidazole rings is 1.